The zero-order valence-corrected chi connectivity index (χ0v) is 18.6. The molecule has 34 heavy (non-hydrogen) atoms. The molecule has 0 radical (unpaired) electrons. The number of esters is 1. The second kappa shape index (κ2) is 10.2. The summed E-state index contributed by atoms with van der Waals surface area (Å²) in [7, 11) is 0. The van der Waals surface area contributed by atoms with Crippen molar-refractivity contribution in [3.8, 4) is 6.07 Å². The van der Waals surface area contributed by atoms with Gasteiger partial charge in [0.15, 0.2) is 0 Å². The third-order valence-electron chi connectivity index (χ3n) is 5.69. The molecule has 2 aliphatic rings. The third kappa shape index (κ3) is 5.08. The average molecular weight is 460 g/mol. The van der Waals surface area contributed by atoms with Gasteiger partial charge in [-0.25, -0.2) is 9.59 Å². The van der Waals surface area contributed by atoms with Crippen molar-refractivity contribution >= 4 is 29.2 Å². The van der Waals surface area contributed by atoms with Crippen LogP contribution in [-0.2, 0) is 14.3 Å². The Balaban J connectivity index is 1.41. The van der Waals surface area contributed by atoms with Gasteiger partial charge in [-0.2, -0.15) is 5.26 Å². The normalized spacial score (nSPS) is 19.5. The van der Waals surface area contributed by atoms with E-state index < -0.39 is 24.2 Å². The quantitative estimate of drug-likeness (QED) is 0.608. The number of carbonyl (C=O) groups excluding carboxylic acids is 3. The molecule has 0 unspecified atom stereocenters. The van der Waals surface area contributed by atoms with Gasteiger partial charge in [0.05, 0.1) is 36.3 Å². The number of nitrogens with one attached hydrogen (secondary N) is 2. The molecular weight excluding hydrogens is 436 g/mol. The zero-order valence-electron chi connectivity index (χ0n) is 18.6. The van der Waals surface area contributed by atoms with Crippen LogP contribution in [0.15, 0.2) is 60.2 Å². The van der Waals surface area contributed by atoms with Crippen molar-refractivity contribution < 1.29 is 23.9 Å². The lowest BCUT2D eigenvalue weighted by atomic mass is 10.00. The van der Waals surface area contributed by atoms with Crippen molar-refractivity contribution in [1.82, 2.24) is 10.6 Å². The highest BCUT2D eigenvalue weighted by Crippen LogP contribution is 2.29. The minimum Gasteiger partial charge on any atom is -0.460 e. The highest BCUT2D eigenvalue weighted by atomic mass is 16.6. The minimum absolute atomic E-state index is 0.0491. The molecule has 174 valence electrons. The summed E-state index contributed by atoms with van der Waals surface area (Å²) in [6, 6.07) is 17.8. The Hall–Kier alpha value is -4.16. The van der Waals surface area contributed by atoms with E-state index in [-0.39, 0.29) is 19.1 Å². The van der Waals surface area contributed by atoms with Gasteiger partial charge >= 0.3 is 12.1 Å². The summed E-state index contributed by atoms with van der Waals surface area (Å²) in [5.74, 6) is -0.620. The highest BCUT2D eigenvalue weighted by molar-refractivity contribution is 5.91. The topological polar surface area (TPSA) is 121 Å². The Kier molecular flexibility index (Phi) is 6.90. The summed E-state index contributed by atoms with van der Waals surface area (Å²) < 4.78 is 10.7. The van der Waals surface area contributed by atoms with E-state index in [0.717, 1.165) is 11.1 Å². The van der Waals surface area contributed by atoms with Gasteiger partial charge in [0.1, 0.15) is 12.7 Å². The van der Waals surface area contributed by atoms with E-state index in [2.05, 4.69) is 16.7 Å². The van der Waals surface area contributed by atoms with E-state index in [9.17, 15) is 19.6 Å². The van der Waals surface area contributed by atoms with Crippen LogP contribution in [0.5, 0.6) is 0 Å². The predicted octanol–water partition coefficient (Wildman–Crippen LogP) is 2.25. The number of rotatable bonds is 7. The van der Waals surface area contributed by atoms with Crippen LogP contribution in [0.3, 0.4) is 0 Å². The monoisotopic (exact) mass is 460 g/mol. The van der Waals surface area contributed by atoms with Crippen molar-refractivity contribution in [2.45, 2.75) is 19.1 Å². The van der Waals surface area contributed by atoms with E-state index in [0.29, 0.717) is 29.9 Å². The van der Waals surface area contributed by atoms with Crippen LogP contribution in [0.2, 0.25) is 0 Å². The van der Waals surface area contributed by atoms with E-state index in [1.807, 2.05) is 18.2 Å². The molecule has 1 fully saturated rings. The lowest BCUT2D eigenvalue weighted by Gasteiger charge is -2.14. The number of cyclic esters (lactones) is 1. The molecule has 2 heterocycles. The standard InChI is InChI=1S/C25H24N4O5/c1-16(30)27-12-20-14-29(25(32)34-20)19-9-7-17(8-10-19)22-13-28-23(21(22)11-26)15-33-24(31)18-5-3-2-4-6-18/h2-10,20,23,28H,12-15H2,1H3,(H,27,30)/t20-,23+/m0/s1. The maximum atomic E-state index is 12.2. The second-order valence-electron chi connectivity index (χ2n) is 8.00. The molecule has 2 aromatic carbocycles. The first-order chi connectivity index (χ1) is 16.5. The fraction of sp³-hybridized carbons (Fsp3) is 0.280. The Morgan fingerprint density at radius 1 is 1.21 bits per heavy atom. The molecule has 2 N–H and O–H groups in total. The number of hydrogen-bond acceptors (Lipinski definition) is 7. The molecule has 9 nitrogen and oxygen atoms in total. The molecule has 2 atom stereocenters. The predicted molar refractivity (Wildman–Crippen MR) is 124 cm³/mol. The number of amides is 2. The van der Waals surface area contributed by atoms with Crippen LogP contribution in [0.1, 0.15) is 22.8 Å². The lowest BCUT2D eigenvalue weighted by Crippen LogP contribution is -2.33. The number of anilines is 1. The summed E-state index contributed by atoms with van der Waals surface area (Å²) in [4.78, 5) is 37.0. The fourth-order valence-electron chi connectivity index (χ4n) is 3.93. The molecule has 4 rings (SSSR count). The molecule has 9 heteroatoms. The first kappa shape index (κ1) is 23.0. The van der Waals surface area contributed by atoms with Crippen LogP contribution in [0, 0.1) is 11.3 Å². The molecule has 2 amide bonds. The zero-order chi connectivity index (χ0) is 24.1. The second-order valence-corrected chi connectivity index (χ2v) is 8.00. The minimum atomic E-state index is -0.470. The molecule has 1 saturated heterocycles. The molecule has 2 aromatic rings. The van der Waals surface area contributed by atoms with Gasteiger partial charge in [-0.3, -0.25) is 9.69 Å². The van der Waals surface area contributed by atoms with E-state index >= 15 is 0 Å². The van der Waals surface area contributed by atoms with Crippen LogP contribution in [0.25, 0.3) is 5.57 Å². The molecule has 2 aliphatic heterocycles. The summed E-state index contributed by atoms with van der Waals surface area (Å²) in [5.41, 5.74) is 3.30. The van der Waals surface area contributed by atoms with Gasteiger partial charge in [0.25, 0.3) is 0 Å². The number of nitriles is 1. The van der Waals surface area contributed by atoms with Gasteiger partial charge in [-0.1, -0.05) is 30.3 Å². The average Bonchev–Trinajstić information content (AvgIpc) is 3.44. The van der Waals surface area contributed by atoms with Crippen molar-refractivity contribution in [2.75, 3.05) is 31.1 Å². The number of nitrogens with zero attached hydrogens (tertiary/aromatic N) is 2. The van der Waals surface area contributed by atoms with Crippen molar-refractivity contribution in [3.05, 3.63) is 71.3 Å². The molecule has 0 saturated carbocycles. The number of ether oxygens (including phenoxy) is 2. The van der Waals surface area contributed by atoms with Crippen LogP contribution in [-0.4, -0.2) is 56.4 Å². The summed E-state index contributed by atoms with van der Waals surface area (Å²) in [6.45, 7) is 2.51. The first-order valence-electron chi connectivity index (χ1n) is 10.9. The van der Waals surface area contributed by atoms with Crippen LogP contribution in [0.4, 0.5) is 10.5 Å². The molecule has 0 spiro atoms. The molecular formula is C25H24N4O5. The largest absolute Gasteiger partial charge is 0.460 e. The van der Waals surface area contributed by atoms with Gasteiger partial charge in [0.2, 0.25) is 5.91 Å². The van der Waals surface area contributed by atoms with Crippen molar-refractivity contribution in [2.24, 2.45) is 0 Å². The fourth-order valence-corrected chi connectivity index (χ4v) is 3.93. The van der Waals surface area contributed by atoms with Gasteiger partial charge in [0, 0.05) is 19.2 Å². The molecule has 0 aromatic heterocycles. The number of carbonyl (C=O) groups is 3. The van der Waals surface area contributed by atoms with E-state index in [1.165, 1.54) is 11.8 Å². The third-order valence-corrected chi connectivity index (χ3v) is 5.69. The van der Waals surface area contributed by atoms with Gasteiger partial charge < -0.3 is 20.1 Å². The Labute approximate surface area is 196 Å². The van der Waals surface area contributed by atoms with Crippen molar-refractivity contribution in [3.63, 3.8) is 0 Å². The summed E-state index contributed by atoms with van der Waals surface area (Å²) in [6.07, 6.45) is -0.884. The Morgan fingerprint density at radius 3 is 2.62 bits per heavy atom. The number of benzene rings is 2. The SMILES string of the molecule is CC(=O)NC[C@H]1CN(c2ccc(C3=C(C#N)[C@@H](COC(=O)c4ccccc4)NC3)cc2)C(=O)O1. The summed E-state index contributed by atoms with van der Waals surface area (Å²) in [5, 5.41) is 15.6. The maximum absolute atomic E-state index is 12.2. The molecule has 0 bridgehead atoms. The van der Waals surface area contributed by atoms with Gasteiger partial charge in [-0.05, 0) is 35.4 Å². The Bertz CT molecular complexity index is 1150. The first-order valence-corrected chi connectivity index (χ1v) is 10.9. The molecule has 0 aliphatic carbocycles. The number of hydrogen-bond donors (Lipinski definition) is 2. The summed E-state index contributed by atoms with van der Waals surface area (Å²) >= 11 is 0. The van der Waals surface area contributed by atoms with E-state index in [4.69, 9.17) is 9.47 Å². The van der Waals surface area contributed by atoms with E-state index in [1.54, 1.807) is 36.4 Å². The Morgan fingerprint density at radius 2 is 1.94 bits per heavy atom. The maximum Gasteiger partial charge on any atom is 0.414 e. The van der Waals surface area contributed by atoms with Crippen LogP contribution < -0.4 is 15.5 Å². The van der Waals surface area contributed by atoms with Crippen LogP contribution >= 0.6 is 0 Å². The highest BCUT2D eigenvalue weighted by Gasteiger charge is 2.33. The lowest BCUT2D eigenvalue weighted by molar-refractivity contribution is -0.119. The van der Waals surface area contributed by atoms with Crippen molar-refractivity contribution in [1.29, 1.82) is 5.26 Å². The smallest absolute Gasteiger partial charge is 0.414 e. The van der Waals surface area contributed by atoms with Gasteiger partial charge in [-0.15, -0.1) is 0 Å².